The van der Waals surface area contributed by atoms with Crippen LogP contribution in [0, 0.1) is 6.92 Å². The van der Waals surface area contributed by atoms with Gasteiger partial charge in [-0.05, 0) is 48.2 Å². The van der Waals surface area contributed by atoms with Gasteiger partial charge >= 0.3 is 5.97 Å². The molecule has 2 rings (SSSR count). The van der Waals surface area contributed by atoms with E-state index >= 15 is 0 Å². The molecule has 132 valence electrons. The second-order valence-electron chi connectivity index (χ2n) is 6.09. The van der Waals surface area contributed by atoms with Crippen LogP contribution in [0.5, 0.6) is 5.75 Å². The lowest BCUT2D eigenvalue weighted by Gasteiger charge is -2.09. The molecule has 2 aromatic rings. The highest BCUT2D eigenvalue weighted by atomic mass is 16.6. The van der Waals surface area contributed by atoms with Crippen molar-refractivity contribution < 1.29 is 19.1 Å². The molecule has 0 radical (unpaired) electrons. The fourth-order valence-electron chi connectivity index (χ4n) is 2.18. The van der Waals surface area contributed by atoms with E-state index in [0.717, 1.165) is 5.56 Å². The molecule has 0 heterocycles. The van der Waals surface area contributed by atoms with Crippen LogP contribution in [0.2, 0.25) is 0 Å². The van der Waals surface area contributed by atoms with Gasteiger partial charge in [0.05, 0.1) is 0 Å². The summed E-state index contributed by atoms with van der Waals surface area (Å²) in [6.45, 7) is 5.56. The van der Waals surface area contributed by atoms with E-state index in [4.69, 9.17) is 9.47 Å². The number of hydrogen-bond acceptors (Lipinski definition) is 4. The minimum atomic E-state index is -0.591. The Balaban J connectivity index is 1.72. The molecule has 0 saturated heterocycles. The lowest BCUT2D eigenvalue weighted by atomic mass is 10.0. The molecular formula is C20H23NO4. The van der Waals surface area contributed by atoms with Gasteiger partial charge < -0.3 is 14.8 Å². The second-order valence-corrected chi connectivity index (χ2v) is 6.09. The number of hydrogen-bond donors (Lipinski definition) is 1. The summed E-state index contributed by atoms with van der Waals surface area (Å²) in [6, 6.07) is 14.9. The first-order valence-electron chi connectivity index (χ1n) is 8.19. The molecule has 1 amide bonds. The van der Waals surface area contributed by atoms with Gasteiger partial charge in [-0.2, -0.15) is 0 Å². The zero-order chi connectivity index (χ0) is 18.2. The Morgan fingerprint density at radius 3 is 2.40 bits per heavy atom. The van der Waals surface area contributed by atoms with Crippen LogP contribution >= 0.6 is 0 Å². The van der Waals surface area contributed by atoms with Crippen LogP contribution in [0.15, 0.2) is 48.5 Å². The smallest absolute Gasteiger partial charge is 0.344 e. The van der Waals surface area contributed by atoms with Crippen molar-refractivity contribution in [3.8, 4) is 5.75 Å². The van der Waals surface area contributed by atoms with E-state index in [2.05, 4.69) is 19.2 Å². The molecule has 0 fully saturated rings. The number of ether oxygens (including phenoxy) is 2. The van der Waals surface area contributed by atoms with Crippen molar-refractivity contribution in [3.05, 3.63) is 59.7 Å². The molecule has 0 aliphatic rings. The van der Waals surface area contributed by atoms with Crippen molar-refractivity contribution in [3.63, 3.8) is 0 Å². The average molecular weight is 341 g/mol. The fourth-order valence-corrected chi connectivity index (χ4v) is 2.18. The van der Waals surface area contributed by atoms with Crippen LogP contribution < -0.4 is 10.1 Å². The molecule has 0 unspecified atom stereocenters. The molecule has 5 nitrogen and oxygen atoms in total. The largest absolute Gasteiger partial charge is 0.482 e. The van der Waals surface area contributed by atoms with E-state index in [0.29, 0.717) is 17.4 Å². The van der Waals surface area contributed by atoms with Gasteiger partial charge in [0.25, 0.3) is 5.91 Å². The zero-order valence-electron chi connectivity index (χ0n) is 14.7. The Bertz CT molecular complexity index is 723. The molecule has 0 bridgehead atoms. The lowest BCUT2D eigenvalue weighted by Crippen LogP contribution is -2.23. The molecular weight excluding hydrogens is 318 g/mol. The molecule has 0 atom stereocenters. The van der Waals surface area contributed by atoms with Crippen molar-refractivity contribution >= 4 is 17.6 Å². The number of rotatable bonds is 7. The molecule has 1 N–H and O–H groups in total. The Hall–Kier alpha value is -2.82. The summed E-state index contributed by atoms with van der Waals surface area (Å²) in [6.07, 6.45) is 0. The first kappa shape index (κ1) is 18.5. The maximum absolute atomic E-state index is 11.8. The number of benzene rings is 2. The first-order valence-corrected chi connectivity index (χ1v) is 8.19. The zero-order valence-corrected chi connectivity index (χ0v) is 14.7. The third-order valence-electron chi connectivity index (χ3n) is 3.57. The summed E-state index contributed by atoms with van der Waals surface area (Å²) in [7, 11) is 0. The standard InChI is InChI=1S/C20H23NO4/c1-14(2)16-7-9-17(10-8-16)21-19(22)12-25-20(23)13-24-18-6-4-5-15(3)11-18/h4-11,14H,12-13H2,1-3H3,(H,21,22). The highest BCUT2D eigenvalue weighted by molar-refractivity contribution is 5.92. The molecule has 5 heteroatoms. The Kier molecular flexibility index (Phi) is 6.57. The minimum absolute atomic E-state index is 0.236. The lowest BCUT2D eigenvalue weighted by molar-refractivity contribution is -0.149. The van der Waals surface area contributed by atoms with E-state index in [1.165, 1.54) is 5.56 Å². The number of esters is 1. The van der Waals surface area contributed by atoms with E-state index in [9.17, 15) is 9.59 Å². The molecule has 0 aliphatic carbocycles. The van der Waals surface area contributed by atoms with Crippen molar-refractivity contribution in [1.29, 1.82) is 0 Å². The normalized spacial score (nSPS) is 10.4. The van der Waals surface area contributed by atoms with Crippen LogP contribution in [0.1, 0.15) is 30.9 Å². The first-order chi connectivity index (χ1) is 11.9. The highest BCUT2D eigenvalue weighted by Crippen LogP contribution is 2.17. The maximum Gasteiger partial charge on any atom is 0.344 e. The van der Waals surface area contributed by atoms with Crippen molar-refractivity contribution in [2.75, 3.05) is 18.5 Å². The van der Waals surface area contributed by atoms with Crippen LogP contribution in [0.25, 0.3) is 0 Å². The predicted octanol–water partition coefficient (Wildman–Crippen LogP) is 3.68. The van der Waals surface area contributed by atoms with Crippen LogP contribution in [0.3, 0.4) is 0 Å². The number of anilines is 1. The number of nitrogens with one attached hydrogen (secondary N) is 1. The number of carbonyl (C=O) groups excluding carboxylic acids is 2. The van der Waals surface area contributed by atoms with E-state index < -0.39 is 5.97 Å². The Morgan fingerprint density at radius 2 is 1.76 bits per heavy atom. The minimum Gasteiger partial charge on any atom is -0.482 e. The van der Waals surface area contributed by atoms with Crippen molar-refractivity contribution in [2.45, 2.75) is 26.7 Å². The third-order valence-corrected chi connectivity index (χ3v) is 3.57. The molecule has 0 aliphatic heterocycles. The van der Waals surface area contributed by atoms with Crippen LogP contribution in [0.4, 0.5) is 5.69 Å². The summed E-state index contributed by atoms with van der Waals surface area (Å²) in [5.74, 6) is 0.0405. The molecule has 0 saturated carbocycles. The van der Waals surface area contributed by atoms with E-state index in [-0.39, 0.29) is 19.1 Å². The van der Waals surface area contributed by atoms with Gasteiger partial charge in [-0.25, -0.2) is 4.79 Å². The van der Waals surface area contributed by atoms with Gasteiger partial charge in [-0.3, -0.25) is 4.79 Å². The summed E-state index contributed by atoms with van der Waals surface area (Å²) in [4.78, 5) is 23.5. The topological polar surface area (TPSA) is 64.6 Å². The maximum atomic E-state index is 11.8. The van der Waals surface area contributed by atoms with Gasteiger partial charge in [0, 0.05) is 5.69 Å². The Labute approximate surface area is 148 Å². The monoisotopic (exact) mass is 341 g/mol. The molecule has 2 aromatic carbocycles. The van der Waals surface area contributed by atoms with E-state index in [1.54, 1.807) is 6.07 Å². The van der Waals surface area contributed by atoms with Gasteiger partial charge in [0.1, 0.15) is 5.75 Å². The summed E-state index contributed by atoms with van der Waals surface area (Å²) in [5, 5.41) is 2.69. The molecule has 0 spiro atoms. The number of carbonyl (C=O) groups is 2. The van der Waals surface area contributed by atoms with Crippen LogP contribution in [-0.2, 0) is 14.3 Å². The average Bonchev–Trinajstić information content (AvgIpc) is 2.58. The summed E-state index contributed by atoms with van der Waals surface area (Å²) >= 11 is 0. The summed E-state index contributed by atoms with van der Waals surface area (Å²) < 4.78 is 10.2. The third kappa shape index (κ3) is 6.30. The summed E-state index contributed by atoms with van der Waals surface area (Å²) in [5.41, 5.74) is 2.90. The molecule has 25 heavy (non-hydrogen) atoms. The Morgan fingerprint density at radius 1 is 1.04 bits per heavy atom. The quantitative estimate of drug-likeness (QED) is 0.780. The fraction of sp³-hybridized carbons (Fsp3) is 0.300. The predicted molar refractivity (Wildman–Crippen MR) is 96.8 cm³/mol. The van der Waals surface area contributed by atoms with Gasteiger partial charge in [0.2, 0.25) is 0 Å². The van der Waals surface area contributed by atoms with Crippen LogP contribution in [-0.4, -0.2) is 25.1 Å². The van der Waals surface area contributed by atoms with Gasteiger partial charge in [-0.1, -0.05) is 38.1 Å². The SMILES string of the molecule is Cc1cccc(OCC(=O)OCC(=O)Nc2ccc(C(C)C)cc2)c1. The molecule has 0 aromatic heterocycles. The van der Waals surface area contributed by atoms with Gasteiger partial charge in [-0.15, -0.1) is 0 Å². The second kappa shape index (κ2) is 8.87. The van der Waals surface area contributed by atoms with E-state index in [1.807, 2.05) is 49.4 Å². The van der Waals surface area contributed by atoms with Gasteiger partial charge in [0.15, 0.2) is 13.2 Å². The number of amides is 1. The van der Waals surface area contributed by atoms with Crippen molar-refractivity contribution in [2.24, 2.45) is 0 Å². The highest BCUT2D eigenvalue weighted by Gasteiger charge is 2.09. The number of aryl methyl sites for hydroxylation is 1. The van der Waals surface area contributed by atoms with Crippen molar-refractivity contribution in [1.82, 2.24) is 0 Å².